The van der Waals surface area contributed by atoms with Crippen LogP contribution < -0.4 is 0 Å². The molecule has 0 spiro atoms. The minimum Gasteiger partial charge on any atom is -0.200 e. The van der Waals surface area contributed by atoms with Gasteiger partial charge in [0.25, 0.3) is 10.0 Å². The minimum atomic E-state index is -3.79. The third kappa shape index (κ3) is 3.55. The minimum absolute atomic E-state index is 0.107. The SMILES string of the molecule is CN(/N=C(\Cl)c1c(Cl)cccc1Cl)S(=O)(=O)c1ccccc1. The van der Waals surface area contributed by atoms with E-state index in [0.717, 1.165) is 4.41 Å². The number of sulfonamides is 1. The van der Waals surface area contributed by atoms with Crippen molar-refractivity contribution in [1.29, 1.82) is 0 Å². The molecule has 0 aliphatic rings. The molecule has 0 saturated heterocycles. The van der Waals surface area contributed by atoms with Gasteiger partial charge < -0.3 is 0 Å². The monoisotopic (exact) mass is 376 g/mol. The molecule has 0 fully saturated rings. The van der Waals surface area contributed by atoms with Crippen LogP contribution in [0.15, 0.2) is 58.5 Å². The van der Waals surface area contributed by atoms with E-state index >= 15 is 0 Å². The van der Waals surface area contributed by atoms with Crippen LogP contribution in [0.1, 0.15) is 5.56 Å². The molecule has 2 aromatic carbocycles. The molecule has 2 aromatic rings. The highest BCUT2D eigenvalue weighted by Crippen LogP contribution is 2.27. The second kappa shape index (κ2) is 6.87. The van der Waals surface area contributed by atoms with E-state index in [1.54, 1.807) is 36.4 Å². The number of benzene rings is 2. The zero-order chi connectivity index (χ0) is 16.3. The van der Waals surface area contributed by atoms with Gasteiger partial charge in [0.2, 0.25) is 0 Å². The quantitative estimate of drug-likeness (QED) is 0.592. The Morgan fingerprint density at radius 3 is 2.09 bits per heavy atom. The van der Waals surface area contributed by atoms with Crippen molar-refractivity contribution >= 4 is 50.0 Å². The Hall–Kier alpha value is -1.27. The number of rotatable bonds is 4. The van der Waals surface area contributed by atoms with E-state index in [-0.39, 0.29) is 25.7 Å². The normalized spacial score (nSPS) is 12.3. The van der Waals surface area contributed by atoms with Gasteiger partial charge in [0, 0.05) is 7.05 Å². The van der Waals surface area contributed by atoms with Crippen molar-refractivity contribution in [1.82, 2.24) is 4.41 Å². The Morgan fingerprint density at radius 1 is 1.00 bits per heavy atom. The van der Waals surface area contributed by atoms with Gasteiger partial charge in [-0.3, -0.25) is 0 Å². The first-order valence-corrected chi connectivity index (χ1v) is 8.64. The van der Waals surface area contributed by atoms with Crippen molar-refractivity contribution in [2.24, 2.45) is 5.10 Å². The van der Waals surface area contributed by atoms with Gasteiger partial charge in [-0.05, 0) is 24.3 Å². The highest BCUT2D eigenvalue weighted by molar-refractivity contribution is 7.89. The average Bonchev–Trinajstić information content (AvgIpc) is 2.47. The lowest BCUT2D eigenvalue weighted by Crippen LogP contribution is -2.23. The van der Waals surface area contributed by atoms with Crippen LogP contribution in [0.5, 0.6) is 0 Å². The first-order chi connectivity index (χ1) is 10.3. The maximum absolute atomic E-state index is 12.4. The summed E-state index contributed by atoms with van der Waals surface area (Å²) in [5.74, 6) is 0. The van der Waals surface area contributed by atoms with Gasteiger partial charge in [0.05, 0.1) is 20.5 Å². The van der Waals surface area contributed by atoms with E-state index in [2.05, 4.69) is 5.10 Å². The van der Waals surface area contributed by atoms with E-state index in [9.17, 15) is 8.42 Å². The predicted octanol–water partition coefficient (Wildman–Crippen LogP) is 4.21. The predicted molar refractivity (Wildman–Crippen MR) is 90.2 cm³/mol. The van der Waals surface area contributed by atoms with Crippen LogP contribution in [-0.2, 0) is 10.0 Å². The molecule has 22 heavy (non-hydrogen) atoms. The smallest absolute Gasteiger partial charge is 0.200 e. The molecule has 0 aliphatic carbocycles. The molecule has 0 amide bonds. The van der Waals surface area contributed by atoms with Crippen LogP contribution in [0.3, 0.4) is 0 Å². The van der Waals surface area contributed by atoms with E-state index in [1.807, 2.05) is 0 Å². The molecule has 8 heteroatoms. The molecule has 0 saturated carbocycles. The Balaban J connectivity index is 2.40. The molecule has 0 aromatic heterocycles. The summed E-state index contributed by atoms with van der Waals surface area (Å²) in [5, 5.41) is 4.33. The van der Waals surface area contributed by atoms with E-state index in [0.29, 0.717) is 0 Å². The summed E-state index contributed by atoms with van der Waals surface area (Å²) in [7, 11) is -2.51. The summed E-state index contributed by atoms with van der Waals surface area (Å²) < 4.78 is 25.5. The fraction of sp³-hybridized carbons (Fsp3) is 0.0714. The van der Waals surface area contributed by atoms with Gasteiger partial charge in [0.15, 0.2) is 5.17 Å². The highest BCUT2D eigenvalue weighted by atomic mass is 35.5. The highest BCUT2D eigenvalue weighted by Gasteiger charge is 2.20. The first-order valence-electron chi connectivity index (χ1n) is 6.06. The summed E-state index contributed by atoms with van der Waals surface area (Å²) in [5.41, 5.74) is 0.280. The zero-order valence-corrected chi connectivity index (χ0v) is 14.5. The molecule has 0 N–H and O–H groups in total. The van der Waals surface area contributed by atoms with E-state index < -0.39 is 10.0 Å². The second-order valence-electron chi connectivity index (χ2n) is 4.24. The van der Waals surface area contributed by atoms with Gasteiger partial charge in [-0.2, -0.15) is 12.8 Å². The van der Waals surface area contributed by atoms with Crippen molar-refractivity contribution in [3.05, 3.63) is 64.1 Å². The summed E-state index contributed by atoms with van der Waals surface area (Å²) >= 11 is 18.1. The van der Waals surface area contributed by atoms with Crippen LogP contribution in [0.2, 0.25) is 10.0 Å². The van der Waals surface area contributed by atoms with E-state index in [1.165, 1.54) is 19.2 Å². The summed E-state index contributed by atoms with van der Waals surface area (Å²) in [6.07, 6.45) is 0. The molecule has 0 aliphatic heterocycles. The maximum atomic E-state index is 12.4. The van der Waals surface area contributed by atoms with Crippen molar-refractivity contribution in [3.63, 3.8) is 0 Å². The topological polar surface area (TPSA) is 49.7 Å². The molecule has 0 heterocycles. The maximum Gasteiger partial charge on any atom is 0.278 e. The Bertz CT molecular complexity index is 788. The Labute approximate surface area is 144 Å². The fourth-order valence-corrected chi connectivity index (χ4v) is 3.70. The summed E-state index contributed by atoms with van der Waals surface area (Å²) in [6, 6.07) is 12.7. The zero-order valence-electron chi connectivity index (χ0n) is 11.4. The third-order valence-electron chi connectivity index (χ3n) is 2.79. The van der Waals surface area contributed by atoms with Gasteiger partial charge in [0.1, 0.15) is 0 Å². The number of hydrazone groups is 1. The van der Waals surface area contributed by atoms with E-state index in [4.69, 9.17) is 34.8 Å². The molecule has 2 rings (SSSR count). The Morgan fingerprint density at radius 2 is 1.55 bits per heavy atom. The first kappa shape index (κ1) is 17.1. The van der Waals surface area contributed by atoms with Gasteiger partial charge in [-0.25, -0.2) is 0 Å². The number of nitrogens with zero attached hydrogens (tertiary/aromatic N) is 2. The molecule has 4 nitrogen and oxygen atoms in total. The van der Waals surface area contributed by atoms with Crippen LogP contribution in [0.25, 0.3) is 0 Å². The largest absolute Gasteiger partial charge is 0.278 e. The van der Waals surface area contributed by atoms with Gasteiger partial charge in [-0.1, -0.05) is 59.1 Å². The number of hydrogen-bond donors (Lipinski definition) is 0. The van der Waals surface area contributed by atoms with Crippen molar-refractivity contribution in [2.45, 2.75) is 4.90 Å². The van der Waals surface area contributed by atoms with Crippen LogP contribution >= 0.6 is 34.8 Å². The molecule has 116 valence electrons. The van der Waals surface area contributed by atoms with Crippen LogP contribution in [0.4, 0.5) is 0 Å². The van der Waals surface area contributed by atoms with Gasteiger partial charge >= 0.3 is 0 Å². The van der Waals surface area contributed by atoms with Crippen molar-refractivity contribution in [2.75, 3.05) is 7.05 Å². The molecule has 0 atom stereocenters. The Kier molecular flexibility index (Phi) is 5.34. The van der Waals surface area contributed by atoms with Crippen LogP contribution in [0, 0.1) is 0 Å². The standard InChI is InChI=1S/C14H11Cl3N2O2S/c1-19(22(20,21)10-6-3-2-4-7-10)18-14(17)13-11(15)8-5-9-12(13)16/h2-9H,1H3/b18-14-. The number of halogens is 3. The fourth-order valence-electron chi connectivity index (χ4n) is 1.67. The molecular weight excluding hydrogens is 367 g/mol. The second-order valence-corrected chi connectivity index (χ2v) is 7.36. The van der Waals surface area contributed by atoms with Crippen molar-refractivity contribution < 1.29 is 8.42 Å². The number of hydrogen-bond acceptors (Lipinski definition) is 3. The lowest BCUT2D eigenvalue weighted by atomic mass is 10.2. The summed E-state index contributed by atoms with van der Waals surface area (Å²) in [6.45, 7) is 0. The summed E-state index contributed by atoms with van der Waals surface area (Å²) in [4.78, 5) is 0.107. The lowest BCUT2D eigenvalue weighted by Gasteiger charge is -2.15. The molecular formula is C14H11Cl3N2O2S. The lowest BCUT2D eigenvalue weighted by molar-refractivity contribution is 0.490. The molecule has 0 radical (unpaired) electrons. The third-order valence-corrected chi connectivity index (χ3v) is 5.33. The average molecular weight is 378 g/mol. The molecule has 0 unspecified atom stereocenters. The molecule has 0 bridgehead atoms. The van der Waals surface area contributed by atoms with Gasteiger partial charge in [-0.15, -0.1) is 5.10 Å². The van der Waals surface area contributed by atoms with Crippen molar-refractivity contribution in [3.8, 4) is 0 Å². The van der Waals surface area contributed by atoms with Crippen LogP contribution in [-0.4, -0.2) is 25.1 Å².